The van der Waals surface area contributed by atoms with Crippen molar-refractivity contribution in [2.45, 2.75) is 58.6 Å². The molecule has 1 aliphatic heterocycles. The van der Waals surface area contributed by atoms with Crippen molar-refractivity contribution >= 4 is 41.3 Å². The first-order chi connectivity index (χ1) is 13.0. The zero-order valence-corrected chi connectivity index (χ0v) is 20.3. The molecule has 0 fully saturated rings. The van der Waals surface area contributed by atoms with E-state index in [2.05, 4.69) is 55.4 Å². The van der Waals surface area contributed by atoms with E-state index < -0.39 is 0 Å². The van der Waals surface area contributed by atoms with E-state index in [0.717, 1.165) is 49.1 Å². The average Bonchev–Trinajstić information content (AvgIpc) is 3.09. The summed E-state index contributed by atoms with van der Waals surface area (Å²) in [7, 11) is 0. The van der Waals surface area contributed by atoms with E-state index in [9.17, 15) is 0 Å². The third-order valence-corrected chi connectivity index (χ3v) is 5.78. The van der Waals surface area contributed by atoms with E-state index >= 15 is 0 Å². The normalized spacial score (nSPS) is 17.9. The number of aliphatic imine (C=N–C) groups is 1. The van der Waals surface area contributed by atoms with Crippen LogP contribution in [0, 0.1) is 0 Å². The number of hydrogen-bond acceptors (Lipinski definition) is 4. The number of benzene rings is 1. The molecule has 2 N–H and O–H groups in total. The van der Waals surface area contributed by atoms with E-state index in [1.807, 2.05) is 18.3 Å². The summed E-state index contributed by atoms with van der Waals surface area (Å²) in [5.74, 6) is 1.80. The van der Waals surface area contributed by atoms with Gasteiger partial charge in [-0.1, -0.05) is 25.1 Å². The van der Waals surface area contributed by atoms with Gasteiger partial charge in [-0.2, -0.15) is 0 Å². The highest BCUT2D eigenvalue weighted by atomic mass is 127. The van der Waals surface area contributed by atoms with Gasteiger partial charge in [-0.05, 0) is 33.3 Å². The van der Waals surface area contributed by atoms with E-state index in [0.29, 0.717) is 0 Å². The number of halogens is 1. The number of rotatable bonds is 6. The maximum atomic E-state index is 6.14. The molecule has 5 nitrogen and oxygen atoms in total. The van der Waals surface area contributed by atoms with Crippen LogP contribution in [0.2, 0.25) is 0 Å². The van der Waals surface area contributed by atoms with Gasteiger partial charge >= 0.3 is 0 Å². The predicted molar refractivity (Wildman–Crippen MR) is 128 cm³/mol. The Balaban J connectivity index is 0.00000280. The molecule has 0 saturated heterocycles. The quantitative estimate of drug-likeness (QED) is 0.333. The lowest BCUT2D eigenvalue weighted by atomic mass is 9.90. The predicted octanol–water partition coefficient (Wildman–Crippen LogP) is 4.72. The highest BCUT2D eigenvalue weighted by Crippen LogP contribution is 2.39. The summed E-state index contributed by atoms with van der Waals surface area (Å²) in [6.45, 7) is 10.1. The number of nitrogens with zero attached hydrogens (tertiary/aromatic N) is 2. The summed E-state index contributed by atoms with van der Waals surface area (Å²) in [5, 5.41) is 8.14. The van der Waals surface area contributed by atoms with Gasteiger partial charge in [0.05, 0.1) is 11.0 Å². The lowest BCUT2D eigenvalue weighted by Gasteiger charge is -2.38. The van der Waals surface area contributed by atoms with Gasteiger partial charge in [0.2, 0.25) is 0 Å². The van der Waals surface area contributed by atoms with Crippen LogP contribution in [0.25, 0.3) is 0 Å². The van der Waals surface area contributed by atoms with Crippen LogP contribution in [0.3, 0.4) is 0 Å². The number of thiazole rings is 1. The first-order valence-electron chi connectivity index (χ1n) is 9.77. The second-order valence-corrected chi connectivity index (χ2v) is 8.58. The van der Waals surface area contributed by atoms with Gasteiger partial charge in [-0.3, -0.25) is 4.99 Å². The zero-order valence-electron chi connectivity index (χ0n) is 17.1. The Kier molecular flexibility index (Phi) is 8.55. The van der Waals surface area contributed by atoms with Crippen molar-refractivity contribution < 1.29 is 4.74 Å². The van der Waals surface area contributed by atoms with Crippen molar-refractivity contribution in [1.82, 2.24) is 15.6 Å². The fourth-order valence-electron chi connectivity index (χ4n) is 3.31. The summed E-state index contributed by atoms with van der Waals surface area (Å²) < 4.78 is 6.14. The summed E-state index contributed by atoms with van der Waals surface area (Å²) in [4.78, 5) is 10.6. The highest BCUT2D eigenvalue weighted by molar-refractivity contribution is 14.0. The lowest BCUT2D eigenvalue weighted by molar-refractivity contribution is 0.0694. The Morgan fingerprint density at radius 1 is 1.32 bits per heavy atom. The Morgan fingerprint density at radius 3 is 2.82 bits per heavy atom. The standard InChI is InChI=1S/C21H30N4OS.HI/c1-5-15-14-24-19(27-15)11-12-23-20(22-6-2)25-17-13-21(3,4)26-18-10-8-7-9-16(17)18;/h7-10,14,17H,5-6,11-13H2,1-4H3,(H2,22,23,25);1H. The van der Waals surface area contributed by atoms with Crippen LogP contribution in [0.1, 0.15) is 55.6 Å². The largest absolute Gasteiger partial charge is 0.487 e. The van der Waals surface area contributed by atoms with Crippen LogP contribution in [-0.4, -0.2) is 29.6 Å². The molecule has 0 spiro atoms. The van der Waals surface area contributed by atoms with Gasteiger partial charge in [0.15, 0.2) is 5.96 Å². The lowest BCUT2D eigenvalue weighted by Crippen LogP contribution is -2.45. The monoisotopic (exact) mass is 514 g/mol. The molecule has 154 valence electrons. The molecule has 28 heavy (non-hydrogen) atoms. The van der Waals surface area contributed by atoms with Crippen LogP contribution in [0.5, 0.6) is 5.75 Å². The molecule has 0 saturated carbocycles. The second kappa shape index (κ2) is 10.4. The molecule has 1 unspecified atom stereocenters. The van der Waals surface area contributed by atoms with Crippen molar-refractivity contribution in [3.8, 4) is 5.75 Å². The Morgan fingerprint density at radius 2 is 2.11 bits per heavy atom. The number of fused-ring (bicyclic) bond motifs is 1. The first-order valence-corrected chi connectivity index (χ1v) is 10.6. The maximum Gasteiger partial charge on any atom is 0.191 e. The summed E-state index contributed by atoms with van der Waals surface area (Å²) >= 11 is 1.79. The van der Waals surface area contributed by atoms with Gasteiger partial charge in [0.1, 0.15) is 11.4 Å². The van der Waals surface area contributed by atoms with Gasteiger partial charge in [0.25, 0.3) is 0 Å². The molecule has 1 aliphatic rings. The molecule has 0 aliphatic carbocycles. The molecule has 7 heteroatoms. The van der Waals surface area contributed by atoms with Crippen LogP contribution in [0.15, 0.2) is 35.5 Å². The van der Waals surface area contributed by atoms with E-state index in [-0.39, 0.29) is 35.6 Å². The van der Waals surface area contributed by atoms with Gasteiger partial charge in [-0.15, -0.1) is 35.3 Å². The number of hydrogen-bond donors (Lipinski definition) is 2. The van der Waals surface area contributed by atoms with Gasteiger partial charge in [0, 0.05) is 42.6 Å². The number of guanidine groups is 1. The smallest absolute Gasteiger partial charge is 0.191 e. The molecule has 2 aromatic rings. The Hall–Kier alpha value is -1.35. The van der Waals surface area contributed by atoms with Crippen molar-refractivity contribution in [2.75, 3.05) is 13.1 Å². The molecule has 1 aromatic heterocycles. The molecular formula is C21H31IN4OS. The minimum atomic E-state index is -0.208. The third-order valence-electron chi connectivity index (χ3n) is 4.58. The number of ether oxygens (including phenoxy) is 1. The van der Waals surface area contributed by atoms with Crippen molar-refractivity contribution in [3.63, 3.8) is 0 Å². The zero-order chi connectivity index (χ0) is 19.3. The molecule has 0 bridgehead atoms. The fraction of sp³-hybridized carbons (Fsp3) is 0.524. The van der Waals surface area contributed by atoms with E-state index in [1.165, 1.54) is 10.4 Å². The van der Waals surface area contributed by atoms with Crippen molar-refractivity contribution in [1.29, 1.82) is 0 Å². The minimum absolute atomic E-state index is 0. The number of aryl methyl sites for hydroxylation is 1. The SMILES string of the molecule is CCNC(=NCCc1ncc(CC)s1)NC1CC(C)(C)Oc2ccccc21.I. The Labute approximate surface area is 189 Å². The van der Waals surface area contributed by atoms with Gasteiger partial charge < -0.3 is 15.4 Å². The molecule has 0 radical (unpaired) electrons. The van der Waals surface area contributed by atoms with Crippen LogP contribution >= 0.6 is 35.3 Å². The van der Waals surface area contributed by atoms with Crippen molar-refractivity contribution in [2.24, 2.45) is 4.99 Å². The van der Waals surface area contributed by atoms with Gasteiger partial charge in [-0.25, -0.2) is 4.98 Å². The van der Waals surface area contributed by atoms with Crippen LogP contribution < -0.4 is 15.4 Å². The molecular weight excluding hydrogens is 483 g/mol. The number of nitrogens with one attached hydrogen (secondary N) is 2. The third kappa shape index (κ3) is 6.07. The maximum absolute atomic E-state index is 6.14. The molecule has 0 amide bonds. The molecule has 1 aromatic carbocycles. The molecule has 1 atom stereocenters. The summed E-state index contributed by atoms with van der Waals surface area (Å²) in [6, 6.07) is 8.44. The van der Waals surface area contributed by atoms with Crippen molar-refractivity contribution in [3.05, 3.63) is 45.9 Å². The van der Waals surface area contributed by atoms with Crippen LogP contribution in [-0.2, 0) is 12.8 Å². The summed E-state index contributed by atoms with van der Waals surface area (Å²) in [6.07, 6.45) is 4.79. The fourth-order valence-corrected chi connectivity index (χ4v) is 4.16. The number of aromatic nitrogens is 1. The second-order valence-electron chi connectivity index (χ2n) is 7.39. The molecule has 2 heterocycles. The van der Waals surface area contributed by atoms with Crippen LogP contribution in [0.4, 0.5) is 0 Å². The van der Waals surface area contributed by atoms with E-state index in [1.54, 1.807) is 11.3 Å². The summed E-state index contributed by atoms with van der Waals surface area (Å²) in [5.41, 5.74) is 0.982. The minimum Gasteiger partial charge on any atom is -0.487 e. The highest BCUT2D eigenvalue weighted by Gasteiger charge is 2.33. The Bertz CT molecular complexity index is 790. The van der Waals surface area contributed by atoms with E-state index in [4.69, 9.17) is 9.73 Å². The average molecular weight is 514 g/mol. The topological polar surface area (TPSA) is 58.5 Å². The molecule has 3 rings (SSSR count). The first kappa shape index (κ1) is 22.9. The number of para-hydroxylation sites is 1.